The van der Waals surface area contributed by atoms with Crippen LogP contribution in [0.5, 0.6) is 0 Å². The van der Waals surface area contributed by atoms with Crippen LogP contribution in [-0.2, 0) is 31.8 Å². The van der Waals surface area contributed by atoms with Crippen molar-refractivity contribution in [2.45, 2.75) is 72.3 Å². The summed E-state index contributed by atoms with van der Waals surface area (Å²) >= 11 is 0. The van der Waals surface area contributed by atoms with Crippen LogP contribution in [0.25, 0.3) is 16.5 Å². The second-order valence-corrected chi connectivity index (χ2v) is 12.4. The molecular formula is C33H34F3N7O5. The normalized spacial score (nSPS) is 20.8. The number of anilines is 1. The number of carbonyl (C=O) groups excluding carboxylic acids is 4. The number of carbonyl (C=O) groups is 4. The van der Waals surface area contributed by atoms with Gasteiger partial charge in [0.1, 0.15) is 29.8 Å². The van der Waals surface area contributed by atoms with E-state index >= 15 is 0 Å². The molecule has 2 aromatic heterocycles. The number of piperidine rings is 1. The third kappa shape index (κ3) is 6.36. The molecule has 1 aliphatic heterocycles. The Morgan fingerprint density at radius 1 is 1.15 bits per heavy atom. The van der Waals surface area contributed by atoms with Crippen molar-refractivity contribution in [1.29, 1.82) is 0 Å². The summed E-state index contributed by atoms with van der Waals surface area (Å²) in [6.07, 6.45) is -2.26. The Morgan fingerprint density at radius 2 is 1.85 bits per heavy atom. The van der Waals surface area contributed by atoms with Crippen LogP contribution < -0.4 is 5.32 Å². The van der Waals surface area contributed by atoms with E-state index in [0.29, 0.717) is 46.0 Å². The number of pyridine rings is 1. The summed E-state index contributed by atoms with van der Waals surface area (Å²) < 4.78 is 46.0. The Bertz CT molecular complexity index is 1950. The number of esters is 1. The number of likely N-dealkylation sites (tertiary alicyclic amines) is 1. The van der Waals surface area contributed by atoms with Crippen molar-refractivity contribution >= 4 is 58.4 Å². The number of amides is 2. The summed E-state index contributed by atoms with van der Waals surface area (Å²) in [5.74, 6) is -2.58. The summed E-state index contributed by atoms with van der Waals surface area (Å²) in [5, 5.41) is 7.50. The van der Waals surface area contributed by atoms with Crippen LogP contribution in [0.1, 0.15) is 66.5 Å². The minimum absolute atomic E-state index is 0.139. The maximum Gasteiger partial charge on any atom is 0.433 e. The van der Waals surface area contributed by atoms with Crippen LogP contribution in [0, 0.1) is 19.3 Å². The van der Waals surface area contributed by atoms with Gasteiger partial charge in [-0.3, -0.25) is 19.1 Å². The van der Waals surface area contributed by atoms with Gasteiger partial charge < -0.3 is 15.0 Å². The lowest BCUT2D eigenvalue weighted by Gasteiger charge is -2.27. The lowest BCUT2D eigenvalue weighted by atomic mass is 10.0. The number of methoxy groups -OCH3 is 1. The predicted molar refractivity (Wildman–Crippen MR) is 171 cm³/mol. The van der Waals surface area contributed by atoms with Crippen LogP contribution in [0.2, 0.25) is 0 Å². The number of ether oxygens (including phenoxy) is 1. The van der Waals surface area contributed by atoms with E-state index in [1.54, 1.807) is 19.9 Å². The zero-order chi connectivity index (χ0) is 35.3. The van der Waals surface area contributed by atoms with Crippen molar-refractivity contribution in [3.8, 4) is 0 Å². The fourth-order valence-corrected chi connectivity index (χ4v) is 6.19. The lowest BCUT2D eigenvalue weighted by molar-refractivity contribution is -0.141. The molecule has 12 nitrogen and oxygen atoms in total. The molecule has 15 heteroatoms. The number of hydrogen-bond donors (Lipinski definition) is 1. The van der Waals surface area contributed by atoms with E-state index in [1.165, 1.54) is 42.8 Å². The van der Waals surface area contributed by atoms with E-state index in [9.17, 15) is 32.3 Å². The van der Waals surface area contributed by atoms with Crippen molar-refractivity contribution < 1.29 is 37.1 Å². The van der Waals surface area contributed by atoms with Crippen molar-refractivity contribution in [3.05, 3.63) is 58.5 Å². The number of allylic oxidation sites excluding steroid dienone is 1. The van der Waals surface area contributed by atoms with E-state index in [2.05, 4.69) is 36.8 Å². The van der Waals surface area contributed by atoms with Gasteiger partial charge in [-0.15, -0.1) is 0 Å². The van der Waals surface area contributed by atoms with E-state index in [0.717, 1.165) is 6.07 Å². The van der Waals surface area contributed by atoms with Gasteiger partial charge in [0.25, 0.3) is 0 Å². The first-order chi connectivity index (χ1) is 22.5. The molecule has 1 saturated heterocycles. The Balaban J connectivity index is 1.45. The van der Waals surface area contributed by atoms with E-state index in [4.69, 9.17) is 0 Å². The quantitative estimate of drug-likeness (QED) is 0.163. The molecule has 2 fully saturated rings. The maximum absolute atomic E-state index is 13.9. The first kappa shape index (κ1) is 34.1. The number of ketones is 1. The fourth-order valence-electron chi connectivity index (χ4n) is 6.19. The Morgan fingerprint density at radius 3 is 2.48 bits per heavy atom. The zero-order valence-electron chi connectivity index (χ0n) is 27.2. The fraction of sp³-hybridized carbons (Fsp3) is 0.394. The van der Waals surface area contributed by atoms with Gasteiger partial charge in [0, 0.05) is 24.6 Å². The number of alkyl halides is 3. The number of nitrogens with one attached hydrogen (secondary N) is 1. The molecule has 2 aliphatic rings. The molecule has 5 rings (SSSR count). The minimum atomic E-state index is -4.69. The first-order valence-corrected chi connectivity index (χ1v) is 15.0. The summed E-state index contributed by atoms with van der Waals surface area (Å²) in [4.78, 5) is 64.7. The van der Waals surface area contributed by atoms with Gasteiger partial charge in [0.05, 0.1) is 12.6 Å². The van der Waals surface area contributed by atoms with Crippen LogP contribution >= 0.6 is 0 Å². The zero-order valence-corrected chi connectivity index (χ0v) is 27.2. The second-order valence-electron chi connectivity index (χ2n) is 12.4. The Kier molecular flexibility index (Phi) is 8.84. The van der Waals surface area contributed by atoms with Crippen LogP contribution in [0.3, 0.4) is 0 Å². The smallest absolute Gasteiger partial charge is 0.433 e. The monoisotopic (exact) mass is 665 g/mol. The third-order valence-electron chi connectivity index (χ3n) is 8.86. The molecule has 3 atom stereocenters. The molecule has 1 aliphatic carbocycles. The highest BCUT2D eigenvalue weighted by Crippen LogP contribution is 2.59. The number of halogens is 3. The number of hydrogen-bond acceptors (Lipinski definition) is 8. The first-order valence-electron chi connectivity index (χ1n) is 15.0. The summed E-state index contributed by atoms with van der Waals surface area (Å²) in [5.41, 5.74) is 1.58. The third-order valence-corrected chi connectivity index (χ3v) is 8.86. The van der Waals surface area contributed by atoms with Gasteiger partial charge >= 0.3 is 12.1 Å². The molecule has 1 unspecified atom stereocenters. The van der Waals surface area contributed by atoms with Gasteiger partial charge in [-0.1, -0.05) is 13.0 Å². The molecule has 252 valence electrons. The standard InChI is InChI=1S/C33H34F3N7O5/c1-16-8-9-23(33(34,35)36)39-28(16)40-30(46)22-12-32(5)13-24(32)43(22)25(45)15-42-27-17(2)10-20(11-21(27)26(41-42)19(4)44)18(3)14-38-29(37-6)31(47)48-7/h8-11,14,22,24H,6,12-13,15H2,1-5,7H3,(H,39,40,46)/b18-14+,38-29?/t22-,24?,32-/m0/s1. The number of benzene rings is 1. The SMILES string of the molecule is C=NC(=N/C=C(\C)c1cc(C)c2c(c1)c(C(C)=O)nn2CC(=O)N1C2C[C@]2(C)C[C@H]1C(=O)Nc1nc(C(F)(F)F)ccc1C)C(=O)OC. The molecule has 0 bridgehead atoms. The number of Topliss-reactive ketones (excluding diaryl/α,β-unsaturated/α-hetero) is 1. The second kappa shape index (κ2) is 12.4. The van der Waals surface area contributed by atoms with E-state index < -0.39 is 35.7 Å². The van der Waals surface area contributed by atoms with Gasteiger partial charge in [-0.2, -0.15) is 18.3 Å². The molecule has 3 aromatic rings. The Hall–Kier alpha value is -5.21. The average Bonchev–Trinajstić information content (AvgIpc) is 3.37. The van der Waals surface area contributed by atoms with Crippen molar-refractivity contribution in [1.82, 2.24) is 19.7 Å². The number of aliphatic imine (C=N–C) groups is 2. The highest BCUT2D eigenvalue weighted by Gasteiger charge is 2.64. The maximum atomic E-state index is 13.9. The predicted octanol–water partition coefficient (Wildman–Crippen LogP) is 4.92. The average molecular weight is 666 g/mol. The van der Waals surface area contributed by atoms with Gasteiger partial charge in [-0.05, 0) is 86.2 Å². The molecule has 0 radical (unpaired) electrons. The van der Waals surface area contributed by atoms with Crippen LogP contribution in [-0.4, -0.2) is 75.0 Å². The topological polar surface area (TPSA) is 148 Å². The number of fused-ring (bicyclic) bond motifs is 2. The molecule has 1 saturated carbocycles. The highest BCUT2D eigenvalue weighted by molar-refractivity contribution is 6.36. The minimum Gasteiger partial charge on any atom is -0.463 e. The van der Waals surface area contributed by atoms with Crippen LogP contribution in [0.15, 0.2) is 40.5 Å². The van der Waals surface area contributed by atoms with Gasteiger partial charge in [0.2, 0.25) is 17.6 Å². The van der Waals surface area contributed by atoms with Gasteiger partial charge in [0.15, 0.2) is 5.78 Å². The van der Waals surface area contributed by atoms with Crippen molar-refractivity contribution in [2.75, 3.05) is 12.4 Å². The largest absolute Gasteiger partial charge is 0.463 e. The number of nitrogens with zero attached hydrogens (tertiary/aromatic N) is 6. The molecule has 1 N–H and O–H groups in total. The number of amidine groups is 1. The van der Waals surface area contributed by atoms with E-state index in [-0.39, 0.29) is 41.1 Å². The molecule has 1 aromatic carbocycles. The lowest BCUT2D eigenvalue weighted by Crippen LogP contribution is -2.47. The number of rotatable bonds is 7. The Labute approximate surface area is 273 Å². The molecule has 0 spiro atoms. The molecular weight excluding hydrogens is 631 g/mol. The van der Waals surface area contributed by atoms with Crippen molar-refractivity contribution in [3.63, 3.8) is 0 Å². The summed E-state index contributed by atoms with van der Waals surface area (Å²) in [6.45, 7) is 11.5. The summed E-state index contributed by atoms with van der Waals surface area (Å²) in [6, 6.07) is 4.46. The van der Waals surface area contributed by atoms with Crippen molar-refractivity contribution in [2.24, 2.45) is 15.4 Å². The number of aryl methyl sites for hydroxylation is 2. The van der Waals surface area contributed by atoms with E-state index in [1.807, 2.05) is 13.0 Å². The molecule has 48 heavy (non-hydrogen) atoms. The molecule has 3 heterocycles. The van der Waals surface area contributed by atoms with Gasteiger partial charge in [-0.25, -0.2) is 19.8 Å². The molecule has 2 amide bonds. The number of aromatic nitrogens is 3. The summed E-state index contributed by atoms with van der Waals surface area (Å²) in [7, 11) is 1.20. The highest BCUT2D eigenvalue weighted by atomic mass is 19.4. The van der Waals surface area contributed by atoms with Crippen LogP contribution in [0.4, 0.5) is 19.0 Å².